The molecule has 0 radical (unpaired) electrons. The molecule has 2 heterocycles. The molecule has 1 aliphatic heterocycles. The monoisotopic (exact) mass is 299 g/mol. The number of fused-ring (bicyclic) bond motifs is 1. The van der Waals surface area contributed by atoms with E-state index in [9.17, 15) is 0 Å². The van der Waals surface area contributed by atoms with E-state index in [1.54, 1.807) is 0 Å². The van der Waals surface area contributed by atoms with Crippen LogP contribution in [0.1, 0.15) is 45.1 Å². The van der Waals surface area contributed by atoms with Gasteiger partial charge in [-0.3, -0.25) is 4.68 Å². The van der Waals surface area contributed by atoms with Crippen LogP contribution in [0.3, 0.4) is 0 Å². The lowest BCUT2D eigenvalue weighted by atomic mass is 10.1. The van der Waals surface area contributed by atoms with Gasteiger partial charge in [-0.25, -0.2) is 0 Å². The van der Waals surface area contributed by atoms with Gasteiger partial charge in [-0.15, -0.1) is 0 Å². The van der Waals surface area contributed by atoms with Crippen LogP contribution in [0.2, 0.25) is 0 Å². The summed E-state index contributed by atoms with van der Waals surface area (Å²) in [4.78, 5) is 2.31. The first-order chi connectivity index (χ1) is 10.7. The first kappa shape index (κ1) is 16.6. The average Bonchev–Trinajstić information content (AvgIpc) is 3.12. The molecule has 3 heteroatoms. The van der Waals surface area contributed by atoms with Crippen molar-refractivity contribution in [3.05, 3.63) is 36.2 Å². The lowest BCUT2D eigenvalue weighted by molar-refractivity contribution is 0.702. The molecule has 3 rings (SSSR count). The number of likely N-dealkylation sites (N-methyl/N-ethyl adjacent to an activating group) is 1. The second-order valence-electron chi connectivity index (χ2n) is 6.12. The molecule has 120 valence electrons. The maximum atomic E-state index is 4.21. The quantitative estimate of drug-likeness (QED) is 0.765. The van der Waals surface area contributed by atoms with Gasteiger partial charge in [0.2, 0.25) is 0 Å². The third-order valence-electron chi connectivity index (χ3n) is 4.21. The van der Waals surface area contributed by atoms with Crippen LogP contribution in [0.25, 0.3) is 11.1 Å². The Morgan fingerprint density at radius 3 is 2.36 bits per heavy atom. The van der Waals surface area contributed by atoms with Gasteiger partial charge in [0.15, 0.2) is 0 Å². The summed E-state index contributed by atoms with van der Waals surface area (Å²) < 4.78 is 1.84. The molecule has 1 aliphatic rings. The number of hydrogen-bond acceptors (Lipinski definition) is 2. The van der Waals surface area contributed by atoms with E-state index in [-0.39, 0.29) is 0 Å². The Bertz CT molecular complexity index is 582. The predicted molar refractivity (Wildman–Crippen MR) is 95.4 cm³/mol. The molecule has 0 fully saturated rings. The van der Waals surface area contributed by atoms with Crippen LogP contribution in [0.4, 0.5) is 5.69 Å². The molecule has 0 N–H and O–H groups in total. The van der Waals surface area contributed by atoms with Crippen LogP contribution in [-0.4, -0.2) is 23.4 Å². The van der Waals surface area contributed by atoms with Crippen LogP contribution >= 0.6 is 0 Å². The number of unbranched alkanes of at least 4 members (excludes halogenated alkanes) is 3. The van der Waals surface area contributed by atoms with Crippen LogP contribution in [0, 0.1) is 0 Å². The van der Waals surface area contributed by atoms with Crippen molar-refractivity contribution < 1.29 is 0 Å². The maximum absolute atomic E-state index is 4.21. The molecular weight excluding hydrogens is 270 g/mol. The number of anilines is 1. The number of rotatable bonds is 4. The van der Waals surface area contributed by atoms with Crippen molar-refractivity contribution >= 4 is 5.69 Å². The molecule has 22 heavy (non-hydrogen) atoms. The van der Waals surface area contributed by atoms with Crippen LogP contribution in [-0.2, 0) is 13.5 Å². The molecule has 0 aliphatic carbocycles. The zero-order valence-corrected chi connectivity index (χ0v) is 14.5. The Balaban J connectivity index is 0.000000254. The number of aryl methyl sites for hydroxylation is 1. The summed E-state index contributed by atoms with van der Waals surface area (Å²) in [5.74, 6) is 0. The third kappa shape index (κ3) is 4.12. The Labute approximate surface area is 135 Å². The molecular formula is C19H29N3. The number of benzene rings is 1. The molecule has 2 aromatic rings. The first-order valence-corrected chi connectivity index (χ1v) is 8.48. The first-order valence-electron chi connectivity index (χ1n) is 8.48. The molecule has 0 spiro atoms. The van der Waals surface area contributed by atoms with Gasteiger partial charge in [0.25, 0.3) is 0 Å². The van der Waals surface area contributed by atoms with Gasteiger partial charge in [-0.2, -0.15) is 5.10 Å². The fraction of sp³-hybridized carbons (Fsp3) is 0.526. The molecule has 0 unspecified atom stereocenters. The Kier molecular flexibility index (Phi) is 6.05. The topological polar surface area (TPSA) is 21.1 Å². The molecule has 3 nitrogen and oxygen atoms in total. The Morgan fingerprint density at radius 1 is 1.05 bits per heavy atom. The highest BCUT2D eigenvalue weighted by Crippen LogP contribution is 2.31. The summed E-state index contributed by atoms with van der Waals surface area (Å²) in [5.41, 5.74) is 5.25. The second-order valence-corrected chi connectivity index (χ2v) is 6.12. The van der Waals surface area contributed by atoms with E-state index in [1.165, 1.54) is 54.5 Å². The molecule has 0 amide bonds. The lowest BCUT2D eigenvalue weighted by Crippen LogP contribution is -2.12. The van der Waals surface area contributed by atoms with Crippen molar-refractivity contribution in [3.8, 4) is 11.1 Å². The minimum absolute atomic E-state index is 1.13. The van der Waals surface area contributed by atoms with Crippen molar-refractivity contribution in [2.45, 2.75) is 46.0 Å². The van der Waals surface area contributed by atoms with Crippen molar-refractivity contribution in [2.24, 2.45) is 7.05 Å². The standard InChI is InChI=1S/C13H15N3.C6H14/c1-15-6-5-10-3-4-11(7-13(10)15)12-8-14-16(2)9-12;1-3-5-6-4-2/h3-4,7-9H,5-6H2,1-2H3;3-6H2,1-2H3. The zero-order chi connectivity index (χ0) is 15.9. The molecule has 1 aromatic carbocycles. The normalized spacial score (nSPS) is 12.8. The average molecular weight is 299 g/mol. The number of aromatic nitrogens is 2. The van der Waals surface area contributed by atoms with E-state index in [2.05, 4.69) is 55.3 Å². The maximum Gasteiger partial charge on any atom is 0.0568 e. The summed E-state index contributed by atoms with van der Waals surface area (Å²) in [7, 11) is 4.10. The highest BCUT2D eigenvalue weighted by Gasteiger charge is 2.16. The molecule has 0 saturated carbocycles. The van der Waals surface area contributed by atoms with E-state index >= 15 is 0 Å². The Morgan fingerprint density at radius 2 is 1.77 bits per heavy atom. The molecule has 0 saturated heterocycles. The Hall–Kier alpha value is -1.77. The van der Waals surface area contributed by atoms with Gasteiger partial charge in [-0.05, 0) is 23.6 Å². The summed E-state index contributed by atoms with van der Waals surface area (Å²) in [5, 5.41) is 4.21. The van der Waals surface area contributed by atoms with Crippen LogP contribution in [0.15, 0.2) is 30.6 Å². The largest absolute Gasteiger partial charge is 0.374 e. The SMILES string of the molecule is CCCCCC.CN1CCc2ccc(-c3cnn(C)c3)cc21. The van der Waals surface area contributed by atoms with Crippen LogP contribution < -0.4 is 4.90 Å². The van der Waals surface area contributed by atoms with E-state index in [0.717, 1.165) is 6.54 Å². The minimum Gasteiger partial charge on any atom is -0.374 e. The fourth-order valence-electron chi connectivity index (χ4n) is 2.79. The highest BCUT2D eigenvalue weighted by atomic mass is 15.2. The van der Waals surface area contributed by atoms with Crippen molar-refractivity contribution in [2.75, 3.05) is 18.5 Å². The van der Waals surface area contributed by atoms with Crippen molar-refractivity contribution in [1.29, 1.82) is 0 Å². The van der Waals surface area contributed by atoms with Gasteiger partial charge < -0.3 is 4.90 Å². The van der Waals surface area contributed by atoms with E-state index in [1.807, 2.05) is 17.9 Å². The smallest absolute Gasteiger partial charge is 0.0568 e. The number of nitrogens with zero attached hydrogens (tertiary/aromatic N) is 3. The highest BCUT2D eigenvalue weighted by molar-refractivity contribution is 5.71. The van der Waals surface area contributed by atoms with E-state index < -0.39 is 0 Å². The predicted octanol–water partition coefficient (Wildman–Crippen LogP) is 4.67. The van der Waals surface area contributed by atoms with E-state index in [0.29, 0.717) is 0 Å². The van der Waals surface area contributed by atoms with Crippen LogP contribution in [0.5, 0.6) is 0 Å². The molecule has 0 bridgehead atoms. The lowest BCUT2D eigenvalue weighted by Gasteiger charge is -2.12. The third-order valence-corrected chi connectivity index (χ3v) is 4.21. The molecule has 0 atom stereocenters. The van der Waals surface area contributed by atoms with Crippen molar-refractivity contribution in [1.82, 2.24) is 9.78 Å². The van der Waals surface area contributed by atoms with Gasteiger partial charge in [0.05, 0.1) is 6.20 Å². The minimum atomic E-state index is 1.13. The van der Waals surface area contributed by atoms with Gasteiger partial charge in [0, 0.05) is 38.1 Å². The second kappa shape index (κ2) is 8.02. The molecule has 1 aromatic heterocycles. The summed E-state index contributed by atoms with van der Waals surface area (Å²) in [6, 6.07) is 6.69. The number of hydrogen-bond donors (Lipinski definition) is 0. The van der Waals surface area contributed by atoms with E-state index in [4.69, 9.17) is 0 Å². The summed E-state index contributed by atoms with van der Waals surface area (Å²) in [6.07, 6.45) is 10.7. The van der Waals surface area contributed by atoms with Gasteiger partial charge >= 0.3 is 0 Å². The zero-order valence-electron chi connectivity index (χ0n) is 14.5. The summed E-state index contributed by atoms with van der Waals surface area (Å²) in [6.45, 7) is 5.59. The van der Waals surface area contributed by atoms with Gasteiger partial charge in [0.1, 0.15) is 0 Å². The van der Waals surface area contributed by atoms with Gasteiger partial charge in [-0.1, -0.05) is 51.7 Å². The fourth-order valence-corrected chi connectivity index (χ4v) is 2.79. The summed E-state index contributed by atoms with van der Waals surface area (Å²) >= 11 is 0. The van der Waals surface area contributed by atoms with Crippen molar-refractivity contribution in [3.63, 3.8) is 0 Å².